The second kappa shape index (κ2) is 3.76. The summed E-state index contributed by atoms with van der Waals surface area (Å²) in [5.74, 6) is 0. The average molecular weight is 228 g/mol. The fourth-order valence-corrected chi connectivity index (χ4v) is 2.78. The first-order valence-corrected chi connectivity index (χ1v) is 6.14. The van der Waals surface area contributed by atoms with Gasteiger partial charge in [-0.2, -0.15) is 0 Å². The summed E-state index contributed by atoms with van der Waals surface area (Å²) in [4.78, 5) is 5.56. The molecule has 0 aliphatic rings. The van der Waals surface area contributed by atoms with Gasteiger partial charge in [0.2, 0.25) is 0 Å². The minimum Gasteiger partial charge on any atom is -0.341 e. The van der Waals surface area contributed by atoms with Gasteiger partial charge in [0, 0.05) is 22.7 Å². The minimum atomic E-state index is 0.938. The Bertz CT molecular complexity index is 621. The molecule has 3 aromatic rings. The van der Waals surface area contributed by atoms with E-state index in [1.807, 2.05) is 29.8 Å². The lowest BCUT2D eigenvalue weighted by Crippen LogP contribution is -1.95. The Balaban J connectivity index is 2.00. The number of hydrogen-bond donors (Lipinski definition) is 0. The van der Waals surface area contributed by atoms with Crippen LogP contribution in [0.2, 0.25) is 0 Å². The van der Waals surface area contributed by atoms with Crippen molar-refractivity contribution in [2.75, 3.05) is 0 Å². The number of thiophene rings is 1. The Morgan fingerprint density at radius 1 is 1.38 bits per heavy atom. The highest BCUT2D eigenvalue weighted by molar-refractivity contribution is 7.10. The van der Waals surface area contributed by atoms with E-state index in [4.69, 9.17) is 0 Å². The molecule has 3 heteroatoms. The van der Waals surface area contributed by atoms with E-state index in [0.29, 0.717) is 0 Å². The molecule has 0 bridgehead atoms. The molecule has 3 rings (SSSR count). The van der Waals surface area contributed by atoms with Crippen molar-refractivity contribution >= 4 is 22.2 Å². The quantitative estimate of drug-likeness (QED) is 0.657. The van der Waals surface area contributed by atoms with Gasteiger partial charge >= 0.3 is 0 Å². The molecule has 0 spiro atoms. The number of fused-ring (bicyclic) bond motifs is 1. The van der Waals surface area contributed by atoms with Gasteiger partial charge in [0.1, 0.15) is 0 Å². The zero-order chi connectivity index (χ0) is 11.0. The molecule has 0 amide bonds. The van der Waals surface area contributed by atoms with Crippen LogP contribution in [0.25, 0.3) is 10.9 Å². The highest BCUT2D eigenvalue weighted by Crippen LogP contribution is 2.19. The zero-order valence-corrected chi connectivity index (χ0v) is 9.87. The molecule has 80 valence electrons. The van der Waals surface area contributed by atoms with Crippen LogP contribution in [-0.4, -0.2) is 9.55 Å². The van der Waals surface area contributed by atoms with E-state index >= 15 is 0 Å². The molecule has 0 saturated carbocycles. The van der Waals surface area contributed by atoms with Crippen LogP contribution in [0.5, 0.6) is 0 Å². The van der Waals surface area contributed by atoms with Crippen molar-refractivity contribution in [2.45, 2.75) is 13.5 Å². The van der Waals surface area contributed by atoms with Crippen molar-refractivity contribution in [2.24, 2.45) is 0 Å². The summed E-state index contributed by atoms with van der Waals surface area (Å²) in [6.45, 7) is 3.07. The van der Waals surface area contributed by atoms with Crippen LogP contribution < -0.4 is 0 Å². The Hall–Kier alpha value is -1.61. The molecule has 3 heterocycles. The third kappa shape index (κ3) is 1.63. The third-order valence-corrected chi connectivity index (χ3v) is 3.73. The topological polar surface area (TPSA) is 17.8 Å². The average Bonchev–Trinajstić information content (AvgIpc) is 2.87. The molecule has 0 aliphatic heterocycles. The fourth-order valence-electron chi connectivity index (χ4n) is 1.91. The Kier molecular flexibility index (Phi) is 2.26. The van der Waals surface area contributed by atoms with Crippen LogP contribution in [0.4, 0.5) is 0 Å². The summed E-state index contributed by atoms with van der Waals surface area (Å²) in [7, 11) is 0. The first-order chi connectivity index (χ1) is 7.83. The molecule has 0 fully saturated rings. The van der Waals surface area contributed by atoms with Crippen LogP contribution in [0.15, 0.2) is 42.2 Å². The highest BCUT2D eigenvalue weighted by Gasteiger charge is 2.02. The second-order valence-electron chi connectivity index (χ2n) is 3.97. The van der Waals surface area contributed by atoms with Gasteiger partial charge in [0.05, 0.1) is 18.3 Å². The number of aromatic nitrogens is 2. The minimum absolute atomic E-state index is 0.938. The molecule has 0 aromatic carbocycles. The lowest BCUT2D eigenvalue weighted by molar-refractivity contribution is 0.849. The molecule has 3 aromatic heterocycles. The van der Waals surface area contributed by atoms with Gasteiger partial charge in [-0.25, -0.2) is 0 Å². The summed E-state index contributed by atoms with van der Waals surface area (Å²) < 4.78 is 2.24. The maximum atomic E-state index is 4.18. The van der Waals surface area contributed by atoms with Crippen LogP contribution in [0, 0.1) is 6.92 Å². The highest BCUT2D eigenvalue weighted by atomic mass is 32.1. The van der Waals surface area contributed by atoms with Crippen LogP contribution in [0.3, 0.4) is 0 Å². The molecule has 2 nitrogen and oxygen atoms in total. The number of pyridine rings is 1. The smallest absolute Gasteiger partial charge is 0.0670 e. The SMILES string of the molecule is Cc1csc(Cn2ccc3ccncc32)c1. The summed E-state index contributed by atoms with van der Waals surface area (Å²) >= 11 is 1.82. The van der Waals surface area contributed by atoms with Gasteiger partial charge < -0.3 is 4.57 Å². The maximum Gasteiger partial charge on any atom is 0.0670 e. The van der Waals surface area contributed by atoms with Crippen LogP contribution in [-0.2, 0) is 6.54 Å². The van der Waals surface area contributed by atoms with E-state index < -0.39 is 0 Å². The monoisotopic (exact) mass is 228 g/mol. The Morgan fingerprint density at radius 3 is 3.12 bits per heavy atom. The van der Waals surface area contributed by atoms with Gasteiger partial charge in [-0.05, 0) is 36.1 Å². The lowest BCUT2D eigenvalue weighted by Gasteiger charge is -2.02. The first kappa shape index (κ1) is 9.60. The number of nitrogens with zero attached hydrogens (tertiary/aromatic N) is 2. The standard InChI is InChI=1S/C13H12N2S/c1-10-6-12(16-9-10)8-15-5-3-11-2-4-14-7-13(11)15/h2-7,9H,8H2,1H3. The van der Waals surface area contributed by atoms with Gasteiger partial charge in [-0.1, -0.05) is 0 Å². The van der Waals surface area contributed by atoms with Crippen LogP contribution in [0.1, 0.15) is 10.4 Å². The number of hydrogen-bond acceptors (Lipinski definition) is 2. The van der Waals surface area contributed by atoms with E-state index in [-0.39, 0.29) is 0 Å². The normalized spacial score (nSPS) is 11.1. The van der Waals surface area contributed by atoms with Gasteiger partial charge in [-0.3, -0.25) is 4.98 Å². The van der Waals surface area contributed by atoms with E-state index in [0.717, 1.165) is 6.54 Å². The maximum absolute atomic E-state index is 4.18. The Morgan fingerprint density at radius 2 is 2.31 bits per heavy atom. The van der Waals surface area contributed by atoms with Crippen molar-refractivity contribution in [1.82, 2.24) is 9.55 Å². The summed E-state index contributed by atoms with van der Waals surface area (Å²) in [5.41, 5.74) is 2.54. The van der Waals surface area contributed by atoms with Crippen molar-refractivity contribution in [3.05, 3.63) is 52.6 Å². The van der Waals surface area contributed by atoms with E-state index in [1.165, 1.54) is 21.3 Å². The molecular weight excluding hydrogens is 216 g/mol. The second-order valence-corrected chi connectivity index (χ2v) is 4.96. The van der Waals surface area contributed by atoms with Gasteiger partial charge in [0.15, 0.2) is 0 Å². The predicted molar refractivity (Wildman–Crippen MR) is 67.9 cm³/mol. The molecule has 0 atom stereocenters. The fraction of sp³-hybridized carbons (Fsp3) is 0.154. The van der Waals surface area contributed by atoms with E-state index in [1.54, 1.807) is 0 Å². The summed E-state index contributed by atoms with van der Waals surface area (Å²) in [6.07, 6.45) is 5.89. The van der Waals surface area contributed by atoms with Crippen molar-refractivity contribution < 1.29 is 0 Å². The van der Waals surface area contributed by atoms with Crippen molar-refractivity contribution in [1.29, 1.82) is 0 Å². The third-order valence-electron chi connectivity index (χ3n) is 2.69. The predicted octanol–water partition coefficient (Wildman–Crippen LogP) is 3.45. The van der Waals surface area contributed by atoms with E-state index in [2.05, 4.69) is 40.2 Å². The van der Waals surface area contributed by atoms with E-state index in [9.17, 15) is 0 Å². The molecule has 0 aliphatic carbocycles. The number of aryl methyl sites for hydroxylation is 1. The molecule has 0 saturated heterocycles. The van der Waals surface area contributed by atoms with Gasteiger partial charge in [-0.15, -0.1) is 11.3 Å². The first-order valence-electron chi connectivity index (χ1n) is 5.26. The van der Waals surface area contributed by atoms with Crippen LogP contribution >= 0.6 is 11.3 Å². The molecule has 0 unspecified atom stereocenters. The summed E-state index contributed by atoms with van der Waals surface area (Å²) in [6, 6.07) is 6.43. The summed E-state index contributed by atoms with van der Waals surface area (Å²) in [5, 5.41) is 3.45. The molecule has 0 N–H and O–H groups in total. The number of rotatable bonds is 2. The lowest BCUT2D eigenvalue weighted by atomic mass is 10.3. The Labute approximate surface area is 98.2 Å². The van der Waals surface area contributed by atoms with Gasteiger partial charge in [0.25, 0.3) is 0 Å². The van der Waals surface area contributed by atoms with Crippen molar-refractivity contribution in [3.63, 3.8) is 0 Å². The molecular formula is C13H12N2S. The molecule has 16 heavy (non-hydrogen) atoms. The zero-order valence-electron chi connectivity index (χ0n) is 9.05. The molecule has 0 radical (unpaired) electrons. The largest absolute Gasteiger partial charge is 0.341 e. The van der Waals surface area contributed by atoms with Crippen molar-refractivity contribution in [3.8, 4) is 0 Å².